The predicted octanol–water partition coefficient (Wildman–Crippen LogP) is 5.85. The van der Waals surface area contributed by atoms with Gasteiger partial charge in [-0.15, -0.1) is 11.3 Å². The van der Waals surface area contributed by atoms with Crippen molar-refractivity contribution in [3.05, 3.63) is 70.1 Å². The van der Waals surface area contributed by atoms with Crippen molar-refractivity contribution in [2.45, 2.75) is 120 Å². The zero-order valence-corrected chi connectivity index (χ0v) is 32.2. The van der Waals surface area contributed by atoms with Crippen molar-refractivity contribution in [1.82, 2.24) is 20.9 Å². The largest absolute Gasteiger partial charge is 0.387 e. The lowest BCUT2D eigenvalue weighted by Crippen LogP contribution is -2.57. The summed E-state index contributed by atoms with van der Waals surface area (Å²) in [5.74, 6) is -2.31. The quantitative estimate of drug-likeness (QED) is 0.175. The summed E-state index contributed by atoms with van der Waals surface area (Å²) in [6.45, 7) is 1.91. The van der Waals surface area contributed by atoms with Crippen molar-refractivity contribution in [3.8, 4) is 0 Å². The maximum Gasteiger partial charge on any atom is 0.289 e. The molecule has 0 radical (unpaired) electrons. The molecule has 3 heterocycles. The van der Waals surface area contributed by atoms with Crippen molar-refractivity contribution >= 4 is 68.1 Å². The second-order valence-corrected chi connectivity index (χ2v) is 16.8. The molecular formula is C41H48ClN5O6S. The molecule has 286 valence electrons. The van der Waals surface area contributed by atoms with Gasteiger partial charge < -0.3 is 25.7 Å². The Hall–Kier alpha value is -4.29. The van der Waals surface area contributed by atoms with Crippen molar-refractivity contribution in [1.29, 1.82) is 0 Å². The average Bonchev–Trinajstić information content (AvgIpc) is 3.56. The Labute approximate surface area is 324 Å². The number of oxime groups is 1. The van der Waals surface area contributed by atoms with Crippen LogP contribution < -0.4 is 16.0 Å². The molecule has 1 saturated heterocycles. The molecule has 3 N–H and O–H groups in total. The Bertz CT molecular complexity index is 1940. The van der Waals surface area contributed by atoms with Crippen LogP contribution in [0.2, 0.25) is 5.02 Å². The first-order valence-electron chi connectivity index (χ1n) is 19.3. The lowest BCUT2D eigenvalue weighted by molar-refractivity contribution is -0.143. The first-order valence-corrected chi connectivity index (χ1v) is 20.6. The van der Waals surface area contributed by atoms with E-state index < -0.39 is 47.2 Å². The first-order chi connectivity index (χ1) is 26.1. The van der Waals surface area contributed by atoms with E-state index in [2.05, 4.69) is 21.1 Å². The van der Waals surface area contributed by atoms with Gasteiger partial charge in [0, 0.05) is 47.0 Å². The molecule has 11 nitrogen and oxygen atoms in total. The Morgan fingerprint density at radius 1 is 1.00 bits per heavy atom. The second kappa shape index (κ2) is 16.6. The highest BCUT2D eigenvalue weighted by atomic mass is 35.5. The third-order valence-corrected chi connectivity index (χ3v) is 12.4. The smallest absolute Gasteiger partial charge is 0.289 e. The summed E-state index contributed by atoms with van der Waals surface area (Å²) >= 11 is 7.88. The number of thiophene rings is 1. The fraction of sp³-hybridized carbons (Fsp3) is 0.512. The lowest BCUT2D eigenvalue weighted by Gasteiger charge is -2.30. The van der Waals surface area contributed by atoms with E-state index in [1.807, 2.05) is 48.7 Å². The molecule has 1 spiro atoms. The number of rotatable bonds is 14. The van der Waals surface area contributed by atoms with E-state index in [-0.39, 0.29) is 43.7 Å². The van der Waals surface area contributed by atoms with Crippen molar-refractivity contribution in [2.75, 3.05) is 6.54 Å². The van der Waals surface area contributed by atoms with Gasteiger partial charge in [-0.2, -0.15) is 0 Å². The van der Waals surface area contributed by atoms with Crippen LogP contribution in [0.5, 0.6) is 0 Å². The minimum atomic E-state index is -1.05. The minimum Gasteiger partial charge on any atom is -0.387 e. The molecule has 13 heteroatoms. The van der Waals surface area contributed by atoms with Crippen LogP contribution in [0.4, 0.5) is 0 Å². The molecule has 7 rings (SSSR count). The number of nitrogens with zero attached hydrogens (tertiary/aromatic N) is 2. The standard InChI is InChI=1S/C41H48ClN5O6S/c1-2-9-31(37(49)39(51)43-29-16-17-29)45-38(50)34-22-41(21-33(46-53-41)26-12-8-13-28(42)19-26)24-47(34)40(52)32(44-36(48)18-25-10-4-3-5-11-25)20-27-23-54-35-15-7-6-14-30(27)35/h6-8,12-15,19,23,25,29,31-32,34H,2-5,9-11,16-18,20-22,24H2,1H3,(H,43,51)(H,44,48)(H,45,50)/t31-,32+,34+,41-/m1/s1. The van der Waals surface area contributed by atoms with Gasteiger partial charge in [0.05, 0.1) is 18.3 Å². The molecule has 1 aromatic heterocycles. The summed E-state index contributed by atoms with van der Waals surface area (Å²) in [5, 5.41) is 16.7. The van der Waals surface area contributed by atoms with Crippen LogP contribution in [0.15, 0.2) is 59.1 Å². The molecular weight excluding hydrogens is 726 g/mol. The van der Waals surface area contributed by atoms with Crippen LogP contribution in [0, 0.1) is 5.92 Å². The molecule has 2 saturated carbocycles. The maximum absolute atomic E-state index is 15.0. The maximum atomic E-state index is 15.0. The molecule has 4 atom stereocenters. The van der Waals surface area contributed by atoms with Gasteiger partial charge in [0.1, 0.15) is 12.1 Å². The third kappa shape index (κ3) is 8.81. The van der Waals surface area contributed by atoms with Gasteiger partial charge in [-0.25, -0.2) is 0 Å². The van der Waals surface area contributed by atoms with E-state index in [4.69, 9.17) is 16.4 Å². The highest BCUT2D eigenvalue weighted by molar-refractivity contribution is 7.17. The number of carbonyl (C=O) groups is 5. The number of hydrogen-bond donors (Lipinski definition) is 3. The number of halogens is 1. The number of nitrogens with one attached hydrogen (secondary N) is 3. The fourth-order valence-electron chi connectivity index (χ4n) is 8.14. The number of amides is 4. The number of likely N-dealkylation sites (tertiary alicyclic amines) is 1. The Morgan fingerprint density at radius 2 is 1.80 bits per heavy atom. The molecule has 4 amide bonds. The number of carbonyl (C=O) groups excluding carboxylic acids is 5. The molecule has 2 aliphatic heterocycles. The summed E-state index contributed by atoms with van der Waals surface area (Å²) in [4.78, 5) is 76.7. The van der Waals surface area contributed by atoms with Gasteiger partial charge in [0.15, 0.2) is 5.60 Å². The Kier molecular flexibility index (Phi) is 11.7. The van der Waals surface area contributed by atoms with Gasteiger partial charge in [0.2, 0.25) is 23.5 Å². The lowest BCUT2D eigenvalue weighted by atomic mass is 9.86. The summed E-state index contributed by atoms with van der Waals surface area (Å²) in [7, 11) is 0. The zero-order valence-electron chi connectivity index (χ0n) is 30.6. The van der Waals surface area contributed by atoms with E-state index in [0.717, 1.165) is 59.7 Å². The van der Waals surface area contributed by atoms with E-state index in [1.54, 1.807) is 23.5 Å². The summed E-state index contributed by atoms with van der Waals surface area (Å²) in [5.41, 5.74) is 1.32. The van der Waals surface area contributed by atoms with Crippen LogP contribution in [-0.2, 0) is 35.2 Å². The topological polar surface area (TPSA) is 146 Å². The van der Waals surface area contributed by atoms with Crippen LogP contribution in [-0.4, -0.2) is 76.3 Å². The number of hydrogen-bond acceptors (Lipinski definition) is 8. The van der Waals surface area contributed by atoms with E-state index >= 15 is 0 Å². The average molecular weight is 774 g/mol. The SMILES string of the molecule is CCC[C@@H](NC(=O)[C@@H]1C[C@]2(CC(c3cccc(Cl)c3)=NO2)CN1C(=O)[C@H](Cc1csc2ccccc12)NC(=O)CC1CCCCC1)C(=O)C(=O)NC1CC1. The van der Waals surface area contributed by atoms with Crippen LogP contribution in [0.25, 0.3) is 10.1 Å². The minimum absolute atomic E-state index is 0.0129. The number of ketones is 1. The van der Waals surface area contributed by atoms with Gasteiger partial charge in [-0.05, 0) is 72.6 Å². The highest BCUT2D eigenvalue weighted by Gasteiger charge is 2.55. The van der Waals surface area contributed by atoms with E-state index in [9.17, 15) is 24.0 Å². The predicted molar refractivity (Wildman–Crippen MR) is 208 cm³/mol. The Morgan fingerprint density at radius 3 is 2.56 bits per heavy atom. The van der Waals surface area contributed by atoms with Gasteiger partial charge in [-0.1, -0.05) is 79.7 Å². The van der Waals surface area contributed by atoms with E-state index in [1.165, 1.54) is 11.3 Å². The molecule has 54 heavy (non-hydrogen) atoms. The van der Waals surface area contributed by atoms with Crippen molar-refractivity contribution < 1.29 is 28.8 Å². The van der Waals surface area contributed by atoms with E-state index in [0.29, 0.717) is 30.0 Å². The molecule has 0 unspecified atom stereocenters. The van der Waals surface area contributed by atoms with Crippen LogP contribution >= 0.6 is 22.9 Å². The third-order valence-electron chi connectivity index (χ3n) is 11.1. The molecule has 2 aromatic carbocycles. The first kappa shape index (κ1) is 38.0. The highest BCUT2D eigenvalue weighted by Crippen LogP contribution is 2.40. The van der Waals surface area contributed by atoms with Crippen molar-refractivity contribution in [2.24, 2.45) is 11.1 Å². The van der Waals surface area contributed by atoms with Gasteiger partial charge in [0.25, 0.3) is 5.91 Å². The molecule has 3 fully saturated rings. The summed E-state index contributed by atoms with van der Waals surface area (Å²) < 4.78 is 1.08. The number of Topliss-reactive ketones (excluding diaryl/α,β-unsaturated/α-hetero) is 1. The molecule has 4 aliphatic rings. The molecule has 2 aliphatic carbocycles. The summed E-state index contributed by atoms with van der Waals surface area (Å²) in [6, 6.07) is 12.1. The molecule has 0 bridgehead atoms. The van der Waals surface area contributed by atoms with Crippen LogP contribution in [0.3, 0.4) is 0 Å². The second-order valence-electron chi connectivity index (χ2n) is 15.4. The van der Waals surface area contributed by atoms with Gasteiger partial charge >= 0.3 is 0 Å². The van der Waals surface area contributed by atoms with Crippen molar-refractivity contribution in [3.63, 3.8) is 0 Å². The zero-order chi connectivity index (χ0) is 37.8. The summed E-state index contributed by atoms with van der Waals surface area (Å²) in [6.07, 6.45) is 8.78. The number of fused-ring (bicyclic) bond motifs is 1. The fourth-order valence-corrected chi connectivity index (χ4v) is 9.30. The Balaban J connectivity index is 1.17. The molecule has 3 aromatic rings. The normalized spacial score (nSPS) is 22.4. The number of benzene rings is 2. The van der Waals surface area contributed by atoms with Gasteiger partial charge in [-0.3, -0.25) is 24.0 Å². The monoisotopic (exact) mass is 773 g/mol. The van der Waals surface area contributed by atoms with Crippen LogP contribution in [0.1, 0.15) is 95.1 Å².